The number of hydrogen-bond donors (Lipinski definition) is 1. The summed E-state index contributed by atoms with van der Waals surface area (Å²) < 4.78 is 53.0. The van der Waals surface area contributed by atoms with E-state index in [1.807, 2.05) is 84.9 Å². The minimum atomic E-state index is -3.93. The number of imidazole rings is 1. The Balaban J connectivity index is 1.15. The molecule has 1 amide bonds. The van der Waals surface area contributed by atoms with Gasteiger partial charge in [-0.1, -0.05) is 72.8 Å². The molecule has 1 aliphatic heterocycles. The van der Waals surface area contributed by atoms with Gasteiger partial charge in [-0.25, -0.2) is 19.5 Å². The second-order valence-corrected chi connectivity index (χ2v) is 16.2. The maximum Gasteiger partial charge on any atom is 0.376 e. The molecule has 1 aliphatic rings. The van der Waals surface area contributed by atoms with Crippen LogP contribution in [0.15, 0.2) is 146 Å². The SMILES string of the molecule is COc1ccc(C(OC[C@H]2O[C@@H](n3cnc4c(NC(=O)c5ccccc5)ncnc43)C[C@@H]2O[P@](C)(=O)Oc2ccc([N+](=O)[O-])cc2)(c2ccccc2)c2ccc(OC)cc2)cc1. The summed E-state index contributed by atoms with van der Waals surface area (Å²) in [5.74, 6) is 1.27. The van der Waals surface area contributed by atoms with E-state index in [-0.39, 0.29) is 36.2 Å². The second kappa shape index (κ2) is 17.9. The van der Waals surface area contributed by atoms with Gasteiger partial charge >= 0.3 is 7.60 Å². The van der Waals surface area contributed by atoms with Gasteiger partial charge < -0.3 is 28.8 Å². The molecule has 62 heavy (non-hydrogen) atoms. The summed E-state index contributed by atoms with van der Waals surface area (Å²) in [6, 6.07) is 38.9. The highest BCUT2D eigenvalue weighted by Gasteiger charge is 2.45. The molecule has 0 saturated carbocycles. The molecule has 0 spiro atoms. The Morgan fingerprint density at radius 2 is 1.40 bits per heavy atom. The predicted octanol–water partition coefficient (Wildman–Crippen LogP) is 8.59. The van der Waals surface area contributed by atoms with E-state index in [9.17, 15) is 19.5 Å². The number of hydrogen-bond acceptors (Lipinski definition) is 13. The van der Waals surface area contributed by atoms with Gasteiger partial charge in [-0.3, -0.25) is 24.0 Å². The number of carbonyl (C=O) groups is 1. The highest BCUT2D eigenvalue weighted by Crippen LogP contribution is 2.50. The molecular weight excluding hydrogens is 816 g/mol. The van der Waals surface area contributed by atoms with E-state index in [1.54, 1.807) is 43.1 Å². The molecule has 7 aromatic rings. The van der Waals surface area contributed by atoms with Gasteiger partial charge in [0.2, 0.25) is 0 Å². The van der Waals surface area contributed by atoms with Crippen molar-refractivity contribution in [1.29, 1.82) is 0 Å². The first-order chi connectivity index (χ1) is 30.1. The van der Waals surface area contributed by atoms with Crippen molar-refractivity contribution in [2.45, 2.75) is 30.5 Å². The largest absolute Gasteiger partial charge is 0.497 e. The average Bonchev–Trinajstić information content (AvgIpc) is 3.91. The maximum absolute atomic E-state index is 14.2. The summed E-state index contributed by atoms with van der Waals surface area (Å²) in [6.45, 7) is 1.23. The Hall–Kier alpha value is -6.97. The van der Waals surface area contributed by atoms with Crippen molar-refractivity contribution in [2.75, 3.05) is 32.8 Å². The zero-order chi connectivity index (χ0) is 43.3. The third-order valence-electron chi connectivity index (χ3n) is 10.4. The Morgan fingerprint density at radius 1 is 0.823 bits per heavy atom. The number of aromatic nitrogens is 4. The Kier molecular flexibility index (Phi) is 12.1. The molecule has 0 unspecified atom stereocenters. The number of nitro groups is 1. The highest BCUT2D eigenvalue weighted by atomic mass is 31.2. The molecule has 16 nitrogen and oxygen atoms in total. The summed E-state index contributed by atoms with van der Waals surface area (Å²) in [5, 5.41) is 14.1. The van der Waals surface area contributed by atoms with Crippen LogP contribution < -0.4 is 19.3 Å². The molecule has 17 heteroatoms. The van der Waals surface area contributed by atoms with E-state index < -0.39 is 36.6 Å². The van der Waals surface area contributed by atoms with Crippen LogP contribution in [0.3, 0.4) is 0 Å². The summed E-state index contributed by atoms with van der Waals surface area (Å²) in [5.41, 5.74) is 2.14. The van der Waals surface area contributed by atoms with Crippen LogP contribution in [0.25, 0.3) is 11.2 Å². The highest BCUT2D eigenvalue weighted by molar-refractivity contribution is 7.53. The fraction of sp³-hybridized carbons (Fsp3) is 0.200. The van der Waals surface area contributed by atoms with E-state index >= 15 is 0 Å². The van der Waals surface area contributed by atoms with Crippen LogP contribution in [0.4, 0.5) is 11.5 Å². The fourth-order valence-corrected chi connectivity index (χ4v) is 8.69. The number of amides is 1. The molecule has 1 fully saturated rings. The number of ether oxygens (including phenoxy) is 4. The molecule has 316 valence electrons. The van der Waals surface area contributed by atoms with Gasteiger partial charge in [-0.05, 0) is 65.2 Å². The third kappa shape index (κ3) is 8.76. The molecule has 0 aliphatic carbocycles. The molecule has 1 saturated heterocycles. The van der Waals surface area contributed by atoms with Gasteiger partial charge in [0.15, 0.2) is 17.0 Å². The number of non-ortho nitro benzene ring substituents is 1. The summed E-state index contributed by atoms with van der Waals surface area (Å²) in [7, 11) is -0.733. The predicted molar refractivity (Wildman–Crippen MR) is 229 cm³/mol. The van der Waals surface area contributed by atoms with E-state index in [0.717, 1.165) is 16.7 Å². The fourth-order valence-electron chi connectivity index (χ4n) is 7.42. The normalized spacial score (nSPS) is 17.2. The van der Waals surface area contributed by atoms with Gasteiger partial charge in [0.25, 0.3) is 11.6 Å². The van der Waals surface area contributed by atoms with Crippen LogP contribution in [0.1, 0.15) is 39.7 Å². The molecule has 2 aromatic heterocycles. The van der Waals surface area contributed by atoms with Gasteiger partial charge in [0.1, 0.15) is 47.6 Å². The minimum absolute atomic E-state index is 0.0916. The first kappa shape index (κ1) is 41.8. The zero-order valence-corrected chi connectivity index (χ0v) is 34.7. The quantitative estimate of drug-likeness (QED) is 0.0422. The Morgan fingerprint density at radius 3 is 2.00 bits per heavy atom. The number of rotatable bonds is 16. The molecule has 3 heterocycles. The van der Waals surface area contributed by atoms with Crippen molar-refractivity contribution in [3.63, 3.8) is 0 Å². The smallest absolute Gasteiger partial charge is 0.376 e. The van der Waals surface area contributed by atoms with Crippen LogP contribution in [0.2, 0.25) is 0 Å². The van der Waals surface area contributed by atoms with Gasteiger partial charge in [0, 0.05) is 30.8 Å². The number of nitrogens with one attached hydrogen (secondary N) is 1. The molecule has 0 bridgehead atoms. The Labute approximate surface area is 356 Å². The lowest BCUT2D eigenvalue weighted by Gasteiger charge is -2.37. The number of carbonyl (C=O) groups excluding carboxylic acids is 1. The average molecular weight is 857 g/mol. The van der Waals surface area contributed by atoms with E-state index in [1.165, 1.54) is 43.6 Å². The first-order valence-electron chi connectivity index (χ1n) is 19.4. The van der Waals surface area contributed by atoms with Gasteiger partial charge in [0.05, 0.1) is 32.1 Å². The van der Waals surface area contributed by atoms with E-state index in [4.69, 9.17) is 28.0 Å². The number of methoxy groups -OCH3 is 2. The standard InChI is InChI=1S/C45H41N6O10P/c1-56-35-20-14-32(15-21-35)45(31-12-8-5-9-13-31,33-16-22-36(57-2)23-17-33)58-27-39-38(61-62(3,55)60-37-24-18-34(19-25-37)51(53)54)26-40(59-39)50-29-48-41-42(46-28-47-43(41)50)49-44(52)30-10-6-4-7-11-30/h4-25,28-29,38-40H,26-27H2,1-3H3,(H,46,47,49,52)/t38-,39+,40+,62+/m0/s1. The third-order valence-corrected chi connectivity index (χ3v) is 11.6. The number of fused-ring (bicyclic) bond motifs is 1. The maximum atomic E-state index is 14.2. The minimum Gasteiger partial charge on any atom is -0.497 e. The molecule has 1 N–H and O–H groups in total. The lowest BCUT2D eigenvalue weighted by atomic mass is 9.80. The molecule has 8 rings (SSSR count). The molecule has 4 atom stereocenters. The van der Waals surface area contributed by atoms with Crippen molar-refractivity contribution in [1.82, 2.24) is 19.5 Å². The van der Waals surface area contributed by atoms with Crippen LogP contribution in [0.5, 0.6) is 17.2 Å². The van der Waals surface area contributed by atoms with Crippen molar-refractivity contribution in [3.05, 3.63) is 178 Å². The van der Waals surface area contributed by atoms with Gasteiger partial charge in [-0.15, -0.1) is 0 Å². The number of anilines is 1. The Bertz CT molecular complexity index is 2660. The summed E-state index contributed by atoms with van der Waals surface area (Å²) in [4.78, 5) is 37.2. The second-order valence-electron chi connectivity index (χ2n) is 14.3. The molecule has 0 radical (unpaired) electrons. The molecular formula is C45H41N6O10P. The monoisotopic (exact) mass is 856 g/mol. The van der Waals surface area contributed by atoms with Crippen LogP contribution >= 0.6 is 7.60 Å². The summed E-state index contributed by atoms with van der Waals surface area (Å²) >= 11 is 0. The van der Waals surface area contributed by atoms with Crippen molar-refractivity contribution in [2.24, 2.45) is 0 Å². The number of benzene rings is 5. The van der Waals surface area contributed by atoms with Crippen LogP contribution in [-0.4, -0.2) is 70.0 Å². The van der Waals surface area contributed by atoms with Crippen molar-refractivity contribution >= 4 is 36.2 Å². The van der Waals surface area contributed by atoms with E-state index in [0.29, 0.717) is 28.2 Å². The number of nitrogens with zero attached hydrogens (tertiary/aromatic N) is 5. The molecule has 5 aromatic carbocycles. The van der Waals surface area contributed by atoms with E-state index in [2.05, 4.69) is 20.3 Å². The van der Waals surface area contributed by atoms with Crippen LogP contribution in [-0.2, 0) is 24.2 Å². The summed E-state index contributed by atoms with van der Waals surface area (Å²) in [6.07, 6.45) is 0.444. The topological polar surface area (TPSA) is 188 Å². The van der Waals surface area contributed by atoms with Crippen molar-refractivity contribution in [3.8, 4) is 17.2 Å². The lowest BCUT2D eigenvalue weighted by Crippen LogP contribution is -2.38. The van der Waals surface area contributed by atoms with Crippen molar-refractivity contribution < 1.29 is 42.3 Å². The first-order valence-corrected chi connectivity index (χ1v) is 21.4. The lowest BCUT2D eigenvalue weighted by molar-refractivity contribution is -0.384. The van der Waals surface area contributed by atoms with Gasteiger partial charge in [-0.2, -0.15) is 0 Å². The van der Waals surface area contributed by atoms with Crippen LogP contribution in [0, 0.1) is 10.1 Å². The zero-order valence-electron chi connectivity index (χ0n) is 33.8. The number of nitro benzene ring substituents is 1.